The van der Waals surface area contributed by atoms with Gasteiger partial charge in [-0.1, -0.05) is 18.2 Å². The fourth-order valence-corrected chi connectivity index (χ4v) is 3.24. The molecule has 4 rings (SSSR count). The van der Waals surface area contributed by atoms with Crippen molar-refractivity contribution in [2.75, 3.05) is 13.1 Å². The topological polar surface area (TPSA) is 21.3 Å². The van der Waals surface area contributed by atoms with Gasteiger partial charge in [-0.25, -0.2) is 0 Å². The molecule has 0 spiro atoms. The summed E-state index contributed by atoms with van der Waals surface area (Å²) in [6.45, 7) is 2.95. The fraction of sp³-hybridized carbons (Fsp3) is 0.571. The highest BCUT2D eigenvalue weighted by Gasteiger charge is 2.37. The van der Waals surface area contributed by atoms with Gasteiger partial charge in [-0.3, -0.25) is 0 Å². The van der Waals surface area contributed by atoms with Crippen molar-refractivity contribution in [2.45, 2.75) is 37.4 Å². The van der Waals surface area contributed by atoms with Crippen LogP contribution in [-0.2, 0) is 11.3 Å². The molecule has 0 radical (unpaired) electrons. The lowest BCUT2D eigenvalue weighted by atomic mass is 9.86. The molecule has 3 aliphatic rings. The summed E-state index contributed by atoms with van der Waals surface area (Å²) in [5.41, 5.74) is 4.64. The van der Waals surface area contributed by atoms with E-state index in [1.807, 2.05) is 0 Å². The average Bonchev–Trinajstić information content (AvgIpc) is 3.05. The van der Waals surface area contributed by atoms with Crippen molar-refractivity contribution in [3.63, 3.8) is 0 Å². The summed E-state index contributed by atoms with van der Waals surface area (Å²) < 4.78 is 5.98. The molecule has 1 aromatic rings. The van der Waals surface area contributed by atoms with Crippen molar-refractivity contribution in [3.05, 3.63) is 34.9 Å². The Kier molecular flexibility index (Phi) is 1.91. The number of hydrogen-bond acceptors (Lipinski definition) is 2. The third-order valence-corrected chi connectivity index (χ3v) is 4.27. The molecule has 1 saturated heterocycles. The van der Waals surface area contributed by atoms with E-state index in [2.05, 4.69) is 23.5 Å². The zero-order valence-corrected chi connectivity index (χ0v) is 9.41. The molecule has 2 atom stereocenters. The Morgan fingerprint density at radius 2 is 2.00 bits per heavy atom. The van der Waals surface area contributed by atoms with E-state index in [0.717, 1.165) is 25.6 Å². The van der Waals surface area contributed by atoms with Gasteiger partial charge in [-0.15, -0.1) is 0 Å². The number of rotatable bonds is 1. The number of benzene rings is 1. The number of hydrogen-bond donors (Lipinski definition) is 1. The molecule has 0 bridgehead atoms. The highest BCUT2D eigenvalue weighted by molar-refractivity contribution is 5.43. The third-order valence-electron chi connectivity index (χ3n) is 4.27. The maximum atomic E-state index is 5.98. The maximum absolute atomic E-state index is 5.98. The van der Waals surface area contributed by atoms with E-state index in [1.165, 1.54) is 18.4 Å². The van der Waals surface area contributed by atoms with E-state index in [1.54, 1.807) is 11.1 Å². The Balaban J connectivity index is 1.82. The predicted octanol–water partition coefficient (Wildman–Crippen LogP) is 2.15. The van der Waals surface area contributed by atoms with Gasteiger partial charge in [0.1, 0.15) is 0 Å². The van der Waals surface area contributed by atoms with Crippen molar-refractivity contribution < 1.29 is 4.74 Å². The van der Waals surface area contributed by atoms with Crippen LogP contribution in [0.15, 0.2) is 18.2 Å². The highest BCUT2D eigenvalue weighted by atomic mass is 16.5. The van der Waals surface area contributed by atoms with Gasteiger partial charge < -0.3 is 10.1 Å². The minimum atomic E-state index is 0.418. The summed E-state index contributed by atoms with van der Waals surface area (Å²) >= 11 is 0. The van der Waals surface area contributed by atoms with Crippen LogP contribution in [0.5, 0.6) is 0 Å². The molecule has 2 nitrogen and oxygen atoms in total. The summed E-state index contributed by atoms with van der Waals surface area (Å²) in [4.78, 5) is 0. The molecule has 16 heavy (non-hydrogen) atoms. The van der Waals surface area contributed by atoms with Crippen LogP contribution in [0.3, 0.4) is 0 Å². The molecule has 0 amide bonds. The molecule has 1 saturated carbocycles. The van der Waals surface area contributed by atoms with Crippen LogP contribution in [0.4, 0.5) is 0 Å². The van der Waals surface area contributed by atoms with Gasteiger partial charge >= 0.3 is 0 Å². The average molecular weight is 215 g/mol. The molecule has 2 aliphatic heterocycles. The molecule has 2 heterocycles. The van der Waals surface area contributed by atoms with Gasteiger partial charge in [0, 0.05) is 19.0 Å². The van der Waals surface area contributed by atoms with Gasteiger partial charge in [-0.2, -0.15) is 0 Å². The maximum Gasteiger partial charge on any atom is 0.0784 e. The van der Waals surface area contributed by atoms with Crippen LogP contribution in [-0.4, -0.2) is 19.2 Å². The van der Waals surface area contributed by atoms with Crippen LogP contribution < -0.4 is 5.32 Å². The van der Waals surface area contributed by atoms with Gasteiger partial charge in [0.05, 0.1) is 12.7 Å². The van der Waals surface area contributed by atoms with Gasteiger partial charge in [0.15, 0.2) is 0 Å². The minimum absolute atomic E-state index is 0.418. The first-order valence-corrected chi connectivity index (χ1v) is 6.37. The second-order valence-corrected chi connectivity index (χ2v) is 5.30. The lowest BCUT2D eigenvalue weighted by molar-refractivity contribution is 0.0294. The van der Waals surface area contributed by atoms with Crippen molar-refractivity contribution in [1.82, 2.24) is 5.32 Å². The van der Waals surface area contributed by atoms with E-state index in [-0.39, 0.29) is 0 Å². The first kappa shape index (κ1) is 9.20. The van der Waals surface area contributed by atoms with E-state index in [9.17, 15) is 0 Å². The number of fused-ring (bicyclic) bond motifs is 3. The molecule has 1 aromatic carbocycles. The number of ether oxygens (including phenoxy) is 1. The molecule has 1 N–H and O–H groups in total. The van der Waals surface area contributed by atoms with E-state index in [4.69, 9.17) is 4.74 Å². The molecular weight excluding hydrogens is 198 g/mol. The minimum Gasteiger partial charge on any atom is -0.372 e. The second kappa shape index (κ2) is 3.31. The quantitative estimate of drug-likeness (QED) is 0.775. The van der Waals surface area contributed by atoms with Gasteiger partial charge in [0.25, 0.3) is 0 Å². The first-order chi connectivity index (χ1) is 7.93. The Morgan fingerprint density at radius 3 is 2.88 bits per heavy atom. The van der Waals surface area contributed by atoms with E-state index in [0.29, 0.717) is 12.0 Å². The second-order valence-electron chi connectivity index (χ2n) is 5.30. The molecule has 0 aromatic heterocycles. The largest absolute Gasteiger partial charge is 0.372 e. The van der Waals surface area contributed by atoms with Crippen LogP contribution >= 0.6 is 0 Å². The SMILES string of the molecule is c1cc(C2CC2)c2c(c1)[C@H]1CNC[C@H]1OC2. The predicted molar refractivity (Wildman–Crippen MR) is 62.6 cm³/mol. The smallest absolute Gasteiger partial charge is 0.0784 e. The van der Waals surface area contributed by atoms with Crippen LogP contribution in [0.2, 0.25) is 0 Å². The summed E-state index contributed by atoms with van der Waals surface area (Å²) in [5, 5.41) is 3.44. The Morgan fingerprint density at radius 1 is 1.12 bits per heavy atom. The summed E-state index contributed by atoms with van der Waals surface area (Å²) in [7, 11) is 0. The van der Waals surface area contributed by atoms with Crippen LogP contribution in [0, 0.1) is 0 Å². The first-order valence-electron chi connectivity index (χ1n) is 6.37. The summed E-state index contributed by atoms with van der Waals surface area (Å²) in [5.74, 6) is 1.44. The molecule has 84 valence electrons. The monoisotopic (exact) mass is 215 g/mol. The van der Waals surface area contributed by atoms with Crippen molar-refractivity contribution >= 4 is 0 Å². The van der Waals surface area contributed by atoms with Gasteiger partial charge in [0.2, 0.25) is 0 Å². The van der Waals surface area contributed by atoms with Crippen molar-refractivity contribution in [3.8, 4) is 0 Å². The molecule has 2 fully saturated rings. The highest BCUT2D eigenvalue weighted by Crippen LogP contribution is 2.45. The van der Waals surface area contributed by atoms with Gasteiger partial charge in [-0.05, 0) is 35.4 Å². The normalized spacial score (nSPS) is 32.2. The Bertz CT molecular complexity index is 425. The fourth-order valence-electron chi connectivity index (χ4n) is 3.24. The van der Waals surface area contributed by atoms with E-state index < -0.39 is 0 Å². The van der Waals surface area contributed by atoms with Crippen LogP contribution in [0.25, 0.3) is 0 Å². The van der Waals surface area contributed by atoms with E-state index >= 15 is 0 Å². The molecule has 1 aliphatic carbocycles. The Hall–Kier alpha value is -0.860. The zero-order chi connectivity index (χ0) is 10.5. The lowest BCUT2D eigenvalue weighted by Crippen LogP contribution is -2.27. The third kappa shape index (κ3) is 1.26. The zero-order valence-electron chi connectivity index (χ0n) is 9.41. The van der Waals surface area contributed by atoms with Crippen molar-refractivity contribution in [2.24, 2.45) is 0 Å². The van der Waals surface area contributed by atoms with Crippen molar-refractivity contribution in [1.29, 1.82) is 0 Å². The summed E-state index contributed by atoms with van der Waals surface area (Å²) in [6, 6.07) is 6.87. The molecular formula is C14H17NO. The molecule has 0 unspecified atom stereocenters. The Labute approximate surface area is 96.0 Å². The van der Waals surface area contributed by atoms with Crippen LogP contribution in [0.1, 0.15) is 41.4 Å². The standard InChI is InChI=1S/C14H17NO/c1-2-10(9-4-5-9)13-8-16-14-7-15-6-12(14)11(13)3-1/h1-3,9,12,14-15H,4-8H2/t12-,14-/m1/s1. The lowest BCUT2D eigenvalue weighted by Gasteiger charge is -2.29. The molecule has 2 heteroatoms. The number of nitrogens with one attached hydrogen (secondary N) is 1. The summed E-state index contributed by atoms with van der Waals surface area (Å²) in [6.07, 6.45) is 3.17.